The minimum Gasteiger partial charge on any atom is -0.494 e. The van der Waals surface area contributed by atoms with Crippen molar-refractivity contribution in [3.05, 3.63) is 35.7 Å². The van der Waals surface area contributed by atoms with Crippen molar-refractivity contribution in [3.8, 4) is 5.75 Å². The van der Waals surface area contributed by atoms with E-state index >= 15 is 0 Å². The van der Waals surface area contributed by atoms with Crippen LogP contribution in [0.15, 0.2) is 24.3 Å². The summed E-state index contributed by atoms with van der Waals surface area (Å²) in [6, 6.07) is 7.36. The zero-order valence-corrected chi connectivity index (χ0v) is 10.4. The lowest BCUT2D eigenvalue weighted by molar-refractivity contribution is 0.175. The molecule has 0 bridgehead atoms. The van der Waals surface area contributed by atoms with Crippen molar-refractivity contribution in [3.63, 3.8) is 0 Å². The molecule has 0 saturated heterocycles. The van der Waals surface area contributed by atoms with E-state index in [1.54, 1.807) is 7.05 Å². The van der Waals surface area contributed by atoms with Crippen LogP contribution in [0.3, 0.4) is 0 Å². The Labute approximate surface area is 105 Å². The summed E-state index contributed by atoms with van der Waals surface area (Å²) in [5.41, 5.74) is 0.811. The third-order valence-electron chi connectivity index (χ3n) is 2.50. The lowest BCUT2D eigenvalue weighted by Gasteiger charge is -2.09. The van der Waals surface area contributed by atoms with Crippen molar-refractivity contribution >= 4 is 0 Å². The van der Waals surface area contributed by atoms with Gasteiger partial charge in [0.1, 0.15) is 5.75 Å². The number of aryl methyl sites for hydroxylation is 1. The average molecular weight is 248 g/mol. The zero-order valence-electron chi connectivity index (χ0n) is 10.4. The Bertz CT molecular complexity index is 495. The van der Waals surface area contributed by atoms with E-state index < -0.39 is 6.10 Å². The summed E-state index contributed by atoms with van der Waals surface area (Å²) in [6.45, 7) is 2.56. The van der Waals surface area contributed by atoms with Crippen LogP contribution in [0.4, 0.5) is 0 Å². The van der Waals surface area contributed by atoms with E-state index in [0.717, 1.165) is 11.3 Å². The molecule has 1 heterocycles. The van der Waals surface area contributed by atoms with Gasteiger partial charge in [-0.2, -0.15) is 4.80 Å². The molecule has 6 nitrogen and oxygen atoms in total. The first-order valence-electron chi connectivity index (χ1n) is 5.82. The molecule has 0 spiro atoms. The Kier molecular flexibility index (Phi) is 3.88. The van der Waals surface area contributed by atoms with Gasteiger partial charge in [0.25, 0.3) is 0 Å². The van der Waals surface area contributed by atoms with E-state index in [-0.39, 0.29) is 0 Å². The fourth-order valence-corrected chi connectivity index (χ4v) is 1.65. The average Bonchev–Trinajstić information content (AvgIpc) is 2.76. The van der Waals surface area contributed by atoms with Gasteiger partial charge in [0, 0.05) is 6.42 Å². The molecule has 6 heteroatoms. The fourth-order valence-electron chi connectivity index (χ4n) is 1.65. The molecule has 1 unspecified atom stereocenters. The van der Waals surface area contributed by atoms with Crippen LogP contribution >= 0.6 is 0 Å². The normalized spacial score (nSPS) is 12.4. The van der Waals surface area contributed by atoms with Gasteiger partial charge < -0.3 is 9.84 Å². The lowest BCUT2D eigenvalue weighted by atomic mass is 10.1. The highest BCUT2D eigenvalue weighted by molar-refractivity contribution is 5.28. The molecule has 1 aromatic heterocycles. The third kappa shape index (κ3) is 3.04. The molecule has 96 valence electrons. The minimum atomic E-state index is -0.634. The SMILES string of the molecule is CCOc1ccc(C(O)Cc2nnn(C)n2)cc1. The maximum absolute atomic E-state index is 10.0. The van der Waals surface area contributed by atoms with Crippen molar-refractivity contribution < 1.29 is 9.84 Å². The highest BCUT2D eigenvalue weighted by Gasteiger charge is 2.12. The Morgan fingerprint density at radius 1 is 1.33 bits per heavy atom. The Hall–Kier alpha value is -1.95. The molecular weight excluding hydrogens is 232 g/mol. The van der Waals surface area contributed by atoms with E-state index in [4.69, 9.17) is 4.74 Å². The second kappa shape index (κ2) is 5.59. The number of hydrogen-bond donors (Lipinski definition) is 1. The number of aliphatic hydroxyl groups is 1. The summed E-state index contributed by atoms with van der Waals surface area (Å²) < 4.78 is 5.34. The summed E-state index contributed by atoms with van der Waals surface area (Å²) in [6.07, 6.45) is -0.285. The van der Waals surface area contributed by atoms with Gasteiger partial charge in [0.05, 0.1) is 19.8 Å². The Morgan fingerprint density at radius 3 is 2.61 bits per heavy atom. The first-order chi connectivity index (χ1) is 8.69. The van der Waals surface area contributed by atoms with Crippen LogP contribution < -0.4 is 4.74 Å². The molecule has 18 heavy (non-hydrogen) atoms. The topological polar surface area (TPSA) is 73.1 Å². The first-order valence-corrected chi connectivity index (χ1v) is 5.82. The van der Waals surface area contributed by atoms with Gasteiger partial charge in [-0.15, -0.1) is 10.2 Å². The molecule has 0 aliphatic carbocycles. The highest BCUT2D eigenvalue weighted by Crippen LogP contribution is 2.19. The number of aliphatic hydroxyl groups excluding tert-OH is 1. The maximum atomic E-state index is 10.0. The quantitative estimate of drug-likeness (QED) is 0.850. The number of hydrogen-bond acceptors (Lipinski definition) is 5. The first kappa shape index (κ1) is 12.5. The number of ether oxygens (including phenoxy) is 1. The van der Waals surface area contributed by atoms with Gasteiger partial charge in [0.15, 0.2) is 5.82 Å². The third-order valence-corrected chi connectivity index (χ3v) is 2.50. The molecular formula is C12H16N4O2. The zero-order chi connectivity index (χ0) is 13.0. The van der Waals surface area contributed by atoms with Gasteiger partial charge in [-0.1, -0.05) is 12.1 Å². The molecule has 2 rings (SSSR count). The number of rotatable bonds is 5. The summed E-state index contributed by atoms with van der Waals surface area (Å²) in [5.74, 6) is 1.32. The maximum Gasteiger partial charge on any atom is 0.177 e. The van der Waals surface area contributed by atoms with Gasteiger partial charge in [-0.05, 0) is 29.8 Å². The van der Waals surface area contributed by atoms with Crippen LogP contribution in [-0.4, -0.2) is 31.9 Å². The smallest absolute Gasteiger partial charge is 0.177 e. The number of benzene rings is 1. The monoisotopic (exact) mass is 248 g/mol. The summed E-state index contributed by atoms with van der Waals surface area (Å²) in [7, 11) is 1.69. The van der Waals surface area contributed by atoms with Crippen molar-refractivity contribution in [2.75, 3.05) is 6.61 Å². The number of nitrogens with zero attached hydrogens (tertiary/aromatic N) is 4. The van der Waals surface area contributed by atoms with E-state index in [9.17, 15) is 5.11 Å². The molecule has 0 saturated carbocycles. The summed E-state index contributed by atoms with van der Waals surface area (Å²) in [5, 5.41) is 21.7. The number of tetrazole rings is 1. The molecule has 0 aliphatic rings. The van der Waals surface area contributed by atoms with E-state index in [0.29, 0.717) is 18.9 Å². The predicted octanol–water partition coefficient (Wildman–Crippen LogP) is 0.885. The van der Waals surface area contributed by atoms with Gasteiger partial charge in [-0.25, -0.2) is 0 Å². The van der Waals surface area contributed by atoms with Crippen molar-refractivity contribution in [2.24, 2.45) is 7.05 Å². The van der Waals surface area contributed by atoms with Crippen LogP contribution in [-0.2, 0) is 13.5 Å². The molecule has 0 fully saturated rings. The molecule has 2 aromatic rings. The van der Waals surface area contributed by atoms with Crippen LogP contribution in [0.25, 0.3) is 0 Å². The minimum absolute atomic E-state index is 0.349. The van der Waals surface area contributed by atoms with Crippen LogP contribution in [0, 0.1) is 0 Å². The van der Waals surface area contributed by atoms with Gasteiger partial charge in [0.2, 0.25) is 0 Å². The van der Waals surface area contributed by atoms with Crippen molar-refractivity contribution in [1.82, 2.24) is 20.2 Å². The van der Waals surface area contributed by atoms with E-state index in [1.165, 1.54) is 4.80 Å². The van der Waals surface area contributed by atoms with Gasteiger partial charge in [-0.3, -0.25) is 0 Å². The molecule has 1 N–H and O–H groups in total. The van der Waals surface area contributed by atoms with Gasteiger partial charge >= 0.3 is 0 Å². The van der Waals surface area contributed by atoms with E-state index in [2.05, 4.69) is 15.4 Å². The second-order valence-corrected chi connectivity index (χ2v) is 3.92. The molecule has 0 aliphatic heterocycles. The summed E-state index contributed by atoms with van der Waals surface area (Å²) in [4.78, 5) is 1.38. The van der Waals surface area contributed by atoms with Crippen LogP contribution in [0.2, 0.25) is 0 Å². The van der Waals surface area contributed by atoms with Crippen molar-refractivity contribution in [2.45, 2.75) is 19.4 Å². The second-order valence-electron chi connectivity index (χ2n) is 3.92. The van der Waals surface area contributed by atoms with Crippen LogP contribution in [0.5, 0.6) is 5.75 Å². The van der Waals surface area contributed by atoms with E-state index in [1.807, 2.05) is 31.2 Å². The highest BCUT2D eigenvalue weighted by atomic mass is 16.5. The predicted molar refractivity (Wildman–Crippen MR) is 65.1 cm³/mol. The molecule has 1 atom stereocenters. The van der Waals surface area contributed by atoms with Crippen LogP contribution in [0.1, 0.15) is 24.4 Å². The Balaban J connectivity index is 2.02. The summed E-state index contributed by atoms with van der Waals surface area (Å²) >= 11 is 0. The molecule has 1 aromatic carbocycles. The molecule has 0 radical (unpaired) electrons. The standard InChI is InChI=1S/C12H16N4O2/c1-3-18-10-6-4-9(5-7-10)11(17)8-12-13-15-16(2)14-12/h4-7,11,17H,3,8H2,1-2H3. The largest absolute Gasteiger partial charge is 0.494 e. The molecule has 0 amide bonds. The lowest BCUT2D eigenvalue weighted by Crippen LogP contribution is -2.04. The Morgan fingerprint density at radius 2 is 2.06 bits per heavy atom. The fraction of sp³-hybridized carbons (Fsp3) is 0.417. The van der Waals surface area contributed by atoms with Crippen molar-refractivity contribution in [1.29, 1.82) is 0 Å². The number of aromatic nitrogens is 4.